The van der Waals surface area contributed by atoms with E-state index in [4.69, 9.17) is 9.84 Å². The van der Waals surface area contributed by atoms with Crippen LogP contribution in [0.5, 0.6) is 5.75 Å². The van der Waals surface area contributed by atoms with E-state index in [2.05, 4.69) is 24.0 Å². The highest BCUT2D eigenvalue weighted by Gasteiger charge is 2.02. The second-order valence-corrected chi connectivity index (χ2v) is 4.11. The van der Waals surface area contributed by atoms with E-state index < -0.39 is 0 Å². The van der Waals surface area contributed by atoms with Gasteiger partial charge in [-0.25, -0.2) is 0 Å². The second-order valence-electron chi connectivity index (χ2n) is 4.11. The molecule has 0 amide bonds. The fourth-order valence-electron chi connectivity index (χ4n) is 1.80. The molecule has 17 heavy (non-hydrogen) atoms. The Kier molecular flexibility index (Phi) is 6.67. The molecular formula is C14H23NO2. The van der Waals surface area contributed by atoms with Crippen molar-refractivity contribution in [3.05, 3.63) is 29.8 Å². The third-order valence-corrected chi connectivity index (χ3v) is 2.96. The number of methoxy groups -OCH3 is 1. The molecule has 3 nitrogen and oxygen atoms in total. The van der Waals surface area contributed by atoms with Gasteiger partial charge in [0.05, 0.1) is 7.11 Å². The first-order valence-corrected chi connectivity index (χ1v) is 6.26. The number of benzene rings is 1. The van der Waals surface area contributed by atoms with Crippen molar-refractivity contribution in [3.63, 3.8) is 0 Å². The lowest BCUT2D eigenvalue weighted by Crippen LogP contribution is -2.27. The summed E-state index contributed by atoms with van der Waals surface area (Å²) in [6, 6.07) is 8.22. The number of hydrogen-bond donors (Lipinski definition) is 1. The third kappa shape index (κ3) is 5.20. The minimum Gasteiger partial charge on any atom is -0.497 e. The van der Waals surface area contributed by atoms with Crippen LogP contribution in [0.15, 0.2) is 24.3 Å². The molecule has 1 aromatic carbocycles. The fraction of sp³-hybridized carbons (Fsp3) is 0.571. The van der Waals surface area contributed by atoms with Gasteiger partial charge < -0.3 is 14.7 Å². The van der Waals surface area contributed by atoms with E-state index >= 15 is 0 Å². The molecule has 0 aliphatic rings. The van der Waals surface area contributed by atoms with Gasteiger partial charge in [-0.1, -0.05) is 19.1 Å². The summed E-state index contributed by atoms with van der Waals surface area (Å²) in [4.78, 5) is 2.36. The zero-order chi connectivity index (χ0) is 12.5. The smallest absolute Gasteiger partial charge is 0.118 e. The molecule has 0 saturated heterocycles. The van der Waals surface area contributed by atoms with Crippen LogP contribution in [0.1, 0.15) is 18.9 Å². The SMILES string of the molecule is CCN(CCCO)CCc1ccc(OC)cc1. The second kappa shape index (κ2) is 8.09. The lowest BCUT2D eigenvalue weighted by molar-refractivity contribution is 0.231. The predicted octanol–water partition coefficient (Wildman–Crippen LogP) is 1.94. The van der Waals surface area contributed by atoms with Crippen LogP contribution in [0.25, 0.3) is 0 Å². The van der Waals surface area contributed by atoms with Crippen molar-refractivity contribution in [2.45, 2.75) is 19.8 Å². The lowest BCUT2D eigenvalue weighted by Gasteiger charge is -2.19. The van der Waals surface area contributed by atoms with E-state index in [1.165, 1.54) is 5.56 Å². The monoisotopic (exact) mass is 237 g/mol. The molecule has 0 aliphatic carbocycles. The van der Waals surface area contributed by atoms with E-state index in [1.54, 1.807) is 7.11 Å². The molecule has 0 aromatic heterocycles. The van der Waals surface area contributed by atoms with Crippen LogP contribution in [0.3, 0.4) is 0 Å². The maximum atomic E-state index is 8.81. The van der Waals surface area contributed by atoms with Gasteiger partial charge in [-0.05, 0) is 37.1 Å². The summed E-state index contributed by atoms with van der Waals surface area (Å²) in [5.41, 5.74) is 1.33. The molecule has 0 heterocycles. The van der Waals surface area contributed by atoms with E-state index in [9.17, 15) is 0 Å². The van der Waals surface area contributed by atoms with Gasteiger partial charge in [-0.15, -0.1) is 0 Å². The van der Waals surface area contributed by atoms with Gasteiger partial charge in [0.2, 0.25) is 0 Å². The zero-order valence-corrected chi connectivity index (χ0v) is 10.9. The Labute approximate surface area is 104 Å². The van der Waals surface area contributed by atoms with Crippen molar-refractivity contribution in [1.29, 1.82) is 0 Å². The average molecular weight is 237 g/mol. The molecule has 1 rings (SSSR count). The van der Waals surface area contributed by atoms with Gasteiger partial charge in [0, 0.05) is 19.7 Å². The van der Waals surface area contributed by atoms with Crippen molar-refractivity contribution in [3.8, 4) is 5.75 Å². The van der Waals surface area contributed by atoms with Crippen LogP contribution in [-0.4, -0.2) is 43.4 Å². The summed E-state index contributed by atoms with van der Waals surface area (Å²) in [6.07, 6.45) is 1.90. The molecular weight excluding hydrogens is 214 g/mol. The Hall–Kier alpha value is -1.06. The summed E-state index contributed by atoms with van der Waals surface area (Å²) in [6.45, 7) is 5.49. The number of rotatable bonds is 8. The number of hydrogen-bond acceptors (Lipinski definition) is 3. The average Bonchev–Trinajstić information content (AvgIpc) is 2.39. The Morgan fingerprint density at radius 2 is 1.88 bits per heavy atom. The van der Waals surface area contributed by atoms with Gasteiger partial charge in [-0.3, -0.25) is 0 Å². The van der Waals surface area contributed by atoms with Crippen LogP contribution >= 0.6 is 0 Å². The van der Waals surface area contributed by atoms with Gasteiger partial charge >= 0.3 is 0 Å². The summed E-state index contributed by atoms with van der Waals surface area (Å²) >= 11 is 0. The summed E-state index contributed by atoms with van der Waals surface area (Å²) in [5.74, 6) is 0.904. The molecule has 1 aromatic rings. The highest BCUT2D eigenvalue weighted by Crippen LogP contribution is 2.12. The van der Waals surface area contributed by atoms with Crippen molar-refractivity contribution in [2.24, 2.45) is 0 Å². The highest BCUT2D eigenvalue weighted by atomic mass is 16.5. The molecule has 0 fully saturated rings. The van der Waals surface area contributed by atoms with Crippen LogP contribution in [0.2, 0.25) is 0 Å². The first-order valence-electron chi connectivity index (χ1n) is 6.26. The topological polar surface area (TPSA) is 32.7 Å². The predicted molar refractivity (Wildman–Crippen MR) is 70.5 cm³/mol. The van der Waals surface area contributed by atoms with E-state index in [0.29, 0.717) is 0 Å². The van der Waals surface area contributed by atoms with Crippen molar-refractivity contribution < 1.29 is 9.84 Å². The minimum absolute atomic E-state index is 0.277. The van der Waals surface area contributed by atoms with Crippen LogP contribution < -0.4 is 4.74 Å². The normalized spacial score (nSPS) is 10.8. The quantitative estimate of drug-likeness (QED) is 0.750. The maximum absolute atomic E-state index is 8.81. The first-order chi connectivity index (χ1) is 8.30. The molecule has 96 valence electrons. The van der Waals surface area contributed by atoms with Crippen LogP contribution in [0, 0.1) is 0 Å². The molecule has 3 heteroatoms. The largest absolute Gasteiger partial charge is 0.497 e. The number of aliphatic hydroxyl groups is 1. The van der Waals surface area contributed by atoms with Crippen LogP contribution in [-0.2, 0) is 6.42 Å². The van der Waals surface area contributed by atoms with Crippen molar-refractivity contribution in [2.75, 3.05) is 33.4 Å². The maximum Gasteiger partial charge on any atom is 0.118 e. The highest BCUT2D eigenvalue weighted by molar-refractivity contribution is 5.27. The molecule has 0 unspecified atom stereocenters. The summed E-state index contributed by atoms with van der Waals surface area (Å²) < 4.78 is 5.13. The van der Waals surface area contributed by atoms with Gasteiger partial charge in [-0.2, -0.15) is 0 Å². The number of aliphatic hydroxyl groups excluding tert-OH is 1. The van der Waals surface area contributed by atoms with Crippen LogP contribution in [0.4, 0.5) is 0 Å². The molecule has 1 N–H and O–H groups in total. The Bertz CT molecular complexity index is 298. The Morgan fingerprint density at radius 1 is 1.18 bits per heavy atom. The third-order valence-electron chi connectivity index (χ3n) is 2.96. The number of likely N-dealkylation sites (N-methyl/N-ethyl adjacent to an activating group) is 1. The van der Waals surface area contributed by atoms with E-state index in [1.807, 2.05) is 12.1 Å². The molecule has 0 radical (unpaired) electrons. The fourth-order valence-corrected chi connectivity index (χ4v) is 1.80. The van der Waals surface area contributed by atoms with Gasteiger partial charge in [0.1, 0.15) is 5.75 Å². The standard InChI is InChI=1S/C14H23NO2/c1-3-15(10-4-12-16)11-9-13-5-7-14(17-2)8-6-13/h5-8,16H,3-4,9-12H2,1-2H3. The summed E-state index contributed by atoms with van der Waals surface area (Å²) in [5, 5.41) is 8.81. The molecule has 0 atom stereocenters. The number of nitrogens with zero attached hydrogens (tertiary/aromatic N) is 1. The molecule has 0 saturated carbocycles. The molecule has 0 bridgehead atoms. The minimum atomic E-state index is 0.277. The van der Waals surface area contributed by atoms with Gasteiger partial charge in [0.25, 0.3) is 0 Å². The lowest BCUT2D eigenvalue weighted by atomic mass is 10.1. The van der Waals surface area contributed by atoms with Gasteiger partial charge in [0.15, 0.2) is 0 Å². The van der Waals surface area contributed by atoms with Crippen molar-refractivity contribution >= 4 is 0 Å². The Balaban J connectivity index is 2.36. The summed E-state index contributed by atoms with van der Waals surface area (Å²) in [7, 11) is 1.68. The van der Waals surface area contributed by atoms with E-state index in [-0.39, 0.29) is 6.61 Å². The first kappa shape index (κ1) is 14.0. The number of ether oxygens (including phenoxy) is 1. The Morgan fingerprint density at radius 3 is 2.41 bits per heavy atom. The zero-order valence-electron chi connectivity index (χ0n) is 10.9. The van der Waals surface area contributed by atoms with E-state index in [0.717, 1.165) is 38.2 Å². The van der Waals surface area contributed by atoms with Crippen molar-refractivity contribution in [1.82, 2.24) is 4.90 Å². The molecule has 0 spiro atoms. The molecule has 0 aliphatic heterocycles.